The highest BCUT2D eigenvalue weighted by molar-refractivity contribution is 5.33. The highest BCUT2D eigenvalue weighted by Gasteiger charge is 2.40. The maximum absolute atomic E-state index is 5.80. The van der Waals surface area contributed by atoms with E-state index in [2.05, 4.69) is 29.6 Å². The van der Waals surface area contributed by atoms with E-state index in [4.69, 9.17) is 9.47 Å². The second-order valence-electron chi connectivity index (χ2n) is 6.42. The molecule has 1 saturated carbocycles. The summed E-state index contributed by atoms with van der Waals surface area (Å²) in [7, 11) is 0. The summed E-state index contributed by atoms with van der Waals surface area (Å²) in [5, 5.41) is 3.86. The molecular weight excluding hydrogens is 250 g/mol. The van der Waals surface area contributed by atoms with Gasteiger partial charge >= 0.3 is 0 Å². The number of fused-ring (bicyclic) bond motifs is 1. The van der Waals surface area contributed by atoms with Crippen molar-refractivity contribution in [2.45, 2.75) is 56.4 Å². The number of benzene rings is 1. The number of rotatable bonds is 2. The van der Waals surface area contributed by atoms with Gasteiger partial charge in [0.2, 0.25) is 0 Å². The largest absolute Gasteiger partial charge is 0.348 e. The summed E-state index contributed by atoms with van der Waals surface area (Å²) in [4.78, 5) is 0. The minimum absolute atomic E-state index is 0.225. The fourth-order valence-electron chi connectivity index (χ4n) is 4.02. The Morgan fingerprint density at radius 1 is 0.900 bits per heavy atom. The number of nitrogens with one attached hydrogen (secondary N) is 1. The van der Waals surface area contributed by atoms with Crippen LogP contribution in [0.15, 0.2) is 24.3 Å². The van der Waals surface area contributed by atoms with Crippen molar-refractivity contribution in [2.24, 2.45) is 0 Å². The van der Waals surface area contributed by atoms with Gasteiger partial charge in [0.15, 0.2) is 5.79 Å². The van der Waals surface area contributed by atoms with Crippen molar-refractivity contribution in [3.8, 4) is 0 Å². The minimum atomic E-state index is -0.225. The third-order valence-corrected chi connectivity index (χ3v) is 5.08. The first-order valence-electron chi connectivity index (χ1n) is 7.94. The molecule has 0 amide bonds. The van der Waals surface area contributed by atoms with E-state index in [1.165, 1.54) is 36.8 Å². The molecule has 3 nitrogen and oxygen atoms in total. The second kappa shape index (κ2) is 5.14. The summed E-state index contributed by atoms with van der Waals surface area (Å²) in [5.41, 5.74) is 3.06. The molecule has 3 aliphatic rings. The van der Waals surface area contributed by atoms with Crippen LogP contribution in [0.1, 0.15) is 36.8 Å². The first kappa shape index (κ1) is 12.8. The van der Waals surface area contributed by atoms with E-state index in [9.17, 15) is 0 Å². The van der Waals surface area contributed by atoms with Crippen molar-refractivity contribution in [3.05, 3.63) is 35.4 Å². The lowest BCUT2D eigenvalue weighted by molar-refractivity contribution is -0.179. The molecule has 4 rings (SSSR count). The topological polar surface area (TPSA) is 30.5 Å². The lowest BCUT2D eigenvalue weighted by Gasteiger charge is -2.36. The minimum Gasteiger partial charge on any atom is -0.348 e. The van der Waals surface area contributed by atoms with Crippen molar-refractivity contribution in [1.29, 1.82) is 0 Å². The van der Waals surface area contributed by atoms with E-state index < -0.39 is 0 Å². The van der Waals surface area contributed by atoms with Gasteiger partial charge in [-0.2, -0.15) is 0 Å². The van der Waals surface area contributed by atoms with Gasteiger partial charge in [0.25, 0.3) is 0 Å². The summed E-state index contributed by atoms with van der Waals surface area (Å²) < 4.78 is 11.6. The Bertz CT molecular complexity index is 447. The van der Waals surface area contributed by atoms with Crippen LogP contribution in [0, 0.1) is 0 Å². The number of hydrogen-bond donors (Lipinski definition) is 1. The molecule has 3 heteroatoms. The zero-order chi connectivity index (χ0) is 13.4. The predicted molar refractivity (Wildman–Crippen MR) is 77.7 cm³/mol. The SMILES string of the molecule is c1ccc2c(c1)CC(NC1CCC3(CC1)OCCO3)C2. The van der Waals surface area contributed by atoms with Crippen LogP contribution in [0.4, 0.5) is 0 Å². The molecule has 2 fully saturated rings. The van der Waals surface area contributed by atoms with Crippen LogP contribution in [0.3, 0.4) is 0 Å². The van der Waals surface area contributed by atoms with Crippen LogP contribution < -0.4 is 5.32 Å². The molecule has 0 bridgehead atoms. The van der Waals surface area contributed by atoms with Gasteiger partial charge in [-0.15, -0.1) is 0 Å². The normalized spacial score (nSPS) is 26.2. The zero-order valence-electron chi connectivity index (χ0n) is 11.9. The van der Waals surface area contributed by atoms with E-state index in [-0.39, 0.29) is 5.79 Å². The van der Waals surface area contributed by atoms with Crippen molar-refractivity contribution < 1.29 is 9.47 Å². The van der Waals surface area contributed by atoms with Gasteiger partial charge in [-0.3, -0.25) is 0 Å². The maximum Gasteiger partial charge on any atom is 0.168 e. The molecule has 0 aromatic heterocycles. The van der Waals surface area contributed by atoms with Crippen LogP contribution in [0.2, 0.25) is 0 Å². The van der Waals surface area contributed by atoms with Gasteiger partial charge in [-0.1, -0.05) is 24.3 Å². The smallest absolute Gasteiger partial charge is 0.168 e. The summed E-state index contributed by atoms with van der Waals surface area (Å²) in [6.07, 6.45) is 6.81. The number of ether oxygens (including phenoxy) is 2. The zero-order valence-corrected chi connectivity index (χ0v) is 11.9. The highest BCUT2D eigenvalue weighted by atomic mass is 16.7. The van der Waals surface area contributed by atoms with E-state index in [1.807, 2.05) is 0 Å². The molecular formula is C17H23NO2. The van der Waals surface area contributed by atoms with Gasteiger partial charge in [-0.05, 0) is 36.8 Å². The van der Waals surface area contributed by atoms with Crippen LogP contribution in [-0.4, -0.2) is 31.1 Å². The van der Waals surface area contributed by atoms with E-state index >= 15 is 0 Å². The average Bonchev–Trinajstić information content (AvgIpc) is 3.08. The van der Waals surface area contributed by atoms with Crippen LogP contribution >= 0.6 is 0 Å². The third kappa shape index (κ3) is 2.39. The fraction of sp³-hybridized carbons (Fsp3) is 0.647. The molecule has 1 aliphatic heterocycles. The lowest BCUT2D eigenvalue weighted by Crippen LogP contribution is -2.45. The summed E-state index contributed by atoms with van der Waals surface area (Å²) in [5.74, 6) is -0.225. The molecule has 1 spiro atoms. The van der Waals surface area contributed by atoms with Gasteiger partial charge in [0.05, 0.1) is 13.2 Å². The first-order chi connectivity index (χ1) is 9.83. The van der Waals surface area contributed by atoms with E-state index in [0.717, 1.165) is 26.1 Å². The molecule has 0 unspecified atom stereocenters. The maximum atomic E-state index is 5.80. The van der Waals surface area contributed by atoms with E-state index in [1.54, 1.807) is 0 Å². The molecule has 0 radical (unpaired) electrons. The van der Waals surface area contributed by atoms with Gasteiger partial charge in [0.1, 0.15) is 0 Å². The molecule has 1 saturated heterocycles. The molecule has 1 heterocycles. The van der Waals surface area contributed by atoms with Crippen molar-refractivity contribution in [1.82, 2.24) is 5.32 Å². The third-order valence-electron chi connectivity index (χ3n) is 5.08. The van der Waals surface area contributed by atoms with Crippen molar-refractivity contribution >= 4 is 0 Å². The Morgan fingerprint density at radius 2 is 1.50 bits per heavy atom. The van der Waals surface area contributed by atoms with Crippen molar-refractivity contribution in [3.63, 3.8) is 0 Å². The second-order valence-corrected chi connectivity index (χ2v) is 6.42. The quantitative estimate of drug-likeness (QED) is 0.897. The monoisotopic (exact) mass is 273 g/mol. The lowest BCUT2D eigenvalue weighted by atomic mass is 9.89. The Morgan fingerprint density at radius 3 is 2.10 bits per heavy atom. The van der Waals surface area contributed by atoms with Gasteiger partial charge in [-0.25, -0.2) is 0 Å². The molecule has 1 aromatic carbocycles. The van der Waals surface area contributed by atoms with Crippen LogP contribution in [0.25, 0.3) is 0 Å². The Balaban J connectivity index is 1.31. The Kier molecular flexibility index (Phi) is 3.29. The molecule has 1 N–H and O–H groups in total. The molecule has 2 aliphatic carbocycles. The Hall–Kier alpha value is -0.900. The fourth-order valence-corrected chi connectivity index (χ4v) is 4.02. The molecule has 1 aromatic rings. The molecule has 20 heavy (non-hydrogen) atoms. The highest BCUT2D eigenvalue weighted by Crippen LogP contribution is 2.36. The van der Waals surface area contributed by atoms with Crippen LogP contribution in [0.5, 0.6) is 0 Å². The van der Waals surface area contributed by atoms with Crippen LogP contribution in [-0.2, 0) is 22.3 Å². The standard InChI is InChI=1S/C17H23NO2/c1-2-4-14-12-16(11-13(14)3-1)18-15-5-7-17(8-6-15)19-9-10-20-17/h1-4,15-16,18H,5-12H2. The molecule has 108 valence electrons. The number of hydrogen-bond acceptors (Lipinski definition) is 3. The Labute approximate surface area is 120 Å². The predicted octanol–water partition coefficient (Wildman–Crippen LogP) is 2.43. The van der Waals surface area contributed by atoms with E-state index in [0.29, 0.717) is 12.1 Å². The molecule has 0 atom stereocenters. The summed E-state index contributed by atoms with van der Waals surface area (Å²) in [6, 6.07) is 10.1. The van der Waals surface area contributed by atoms with Crippen molar-refractivity contribution in [2.75, 3.05) is 13.2 Å². The van der Waals surface area contributed by atoms with Gasteiger partial charge in [0, 0.05) is 24.9 Å². The summed E-state index contributed by atoms with van der Waals surface area (Å²) in [6.45, 7) is 1.55. The first-order valence-corrected chi connectivity index (χ1v) is 7.94. The average molecular weight is 273 g/mol. The van der Waals surface area contributed by atoms with Gasteiger partial charge < -0.3 is 14.8 Å². The summed E-state index contributed by atoms with van der Waals surface area (Å²) >= 11 is 0.